The fourth-order valence-corrected chi connectivity index (χ4v) is 2.69. The van der Waals surface area contributed by atoms with Crippen LogP contribution in [0.3, 0.4) is 0 Å². The molecule has 29 heavy (non-hydrogen) atoms. The predicted molar refractivity (Wildman–Crippen MR) is 113 cm³/mol. The molecule has 0 aromatic heterocycles. The number of benzene rings is 1. The Morgan fingerprint density at radius 3 is 1.93 bits per heavy atom. The second kappa shape index (κ2) is 14.3. The first kappa shape index (κ1) is 24.3. The third-order valence-electron chi connectivity index (χ3n) is 4.08. The number of methoxy groups -OCH3 is 2. The Morgan fingerprint density at radius 2 is 1.41 bits per heavy atom. The molecule has 0 saturated heterocycles. The number of unbranched alkanes of at least 4 members (excludes halogenated alkanes) is 5. The second-order valence-electron chi connectivity index (χ2n) is 6.52. The molecule has 160 valence electrons. The second-order valence-corrected chi connectivity index (χ2v) is 6.52. The molecule has 0 atom stereocenters. The number of hydrogen-bond donors (Lipinski definition) is 0. The van der Waals surface area contributed by atoms with Gasteiger partial charge in [-0.1, -0.05) is 37.1 Å². The van der Waals surface area contributed by atoms with Crippen molar-refractivity contribution in [3.8, 4) is 17.2 Å². The molecule has 0 N–H and O–H groups in total. The van der Waals surface area contributed by atoms with Crippen molar-refractivity contribution < 1.29 is 28.5 Å². The van der Waals surface area contributed by atoms with E-state index in [0.717, 1.165) is 31.2 Å². The number of carbonyl (C=O) groups excluding carboxylic acids is 2. The Balaban J connectivity index is 2.37. The molecule has 0 aliphatic carbocycles. The first-order valence-corrected chi connectivity index (χ1v) is 9.87. The lowest BCUT2D eigenvalue weighted by atomic mass is 10.1. The van der Waals surface area contributed by atoms with E-state index in [1.807, 2.05) is 24.3 Å². The van der Waals surface area contributed by atoms with Gasteiger partial charge in [-0.3, -0.25) is 9.59 Å². The van der Waals surface area contributed by atoms with E-state index in [0.29, 0.717) is 23.9 Å². The molecular formula is C23H32O6. The summed E-state index contributed by atoms with van der Waals surface area (Å²) in [5.41, 5.74) is 0.924. The standard InChI is InChI=1S/C23H32O6/c1-18(24)28-15-13-11-9-7-5-6-8-10-12-14-20-16-21(26-3)23(29-19(2)25)22(17-20)27-4/h11-14,16-17H,5-10,15H2,1-4H3. The normalized spacial score (nSPS) is 11.0. The molecule has 0 radical (unpaired) electrons. The van der Waals surface area contributed by atoms with E-state index in [2.05, 4.69) is 12.2 Å². The van der Waals surface area contributed by atoms with Gasteiger partial charge in [0.15, 0.2) is 11.5 Å². The van der Waals surface area contributed by atoms with Crippen molar-refractivity contribution in [3.05, 3.63) is 35.9 Å². The van der Waals surface area contributed by atoms with Gasteiger partial charge in [0, 0.05) is 13.8 Å². The van der Waals surface area contributed by atoms with Gasteiger partial charge in [-0.15, -0.1) is 0 Å². The van der Waals surface area contributed by atoms with Crippen molar-refractivity contribution in [2.24, 2.45) is 0 Å². The maximum Gasteiger partial charge on any atom is 0.308 e. The summed E-state index contributed by atoms with van der Waals surface area (Å²) in [4.78, 5) is 21.9. The van der Waals surface area contributed by atoms with Gasteiger partial charge in [-0.05, 0) is 43.4 Å². The highest BCUT2D eigenvalue weighted by molar-refractivity contribution is 5.73. The van der Waals surface area contributed by atoms with E-state index in [4.69, 9.17) is 18.9 Å². The van der Waals surface area contributed by atoms with Gasteiger partial charge in [0.05, 0.1) is 14.2 Å². The van der Waals surface area contributed by atoms with E-state index in [9.17, 15) is 9.59 Å². The van der Waals surface area contributed by atoms with Crippen molar-refractivity contribution in [2.75, 3.05) is 20.8 Å². The highest BCUT2D eigenvalue weighted by atomic mass is 16.6. The number of ether oxygens (including phenoxy) is 4. The van der Waals surface area contributed by atoms with Gasteiger partial charge in [-0.25, -0.2) is 0 Å². The van der Waals surface area contributed by atoms with Crippen LogP contribution < -0.4 is 14.2 Å². The Bertz CT molecular complexity index is 680. The minimum absolute atomic E-state index is 0.250. The molecule has 0 fully saturated rings. The Kier molecular flexibility index (Phi) is 11.9. The molecule has 6 nitrogen and oxygen atoms in total. The summed E-state index contributed by atoms with van der Waals surface area (Å²) in [5.74, 6) is 0.535. The van der Waals surface area contributed by atoms with E-state index in [1.54, 1.807) is 0 Å². The molecule has 1 aromatic rings. The van der Waals surface area contributed by atoms with Gasteiger partial charge in [0.2, 0.25) is 5.75 Å². The summed E-state index contributed by atoms with van der Waals surface area (Å²) in [6, 6.07) is 3.64. The first-order chi connectivity index (χ1) is 14.0. The zero-order chi connectivity index (χ0) is 21.5. The third kappa shape index (κ3) is 10.4. The smallest absolute Gasteiger partial charge is 0.308 e. The summed E-state index contributed by atoms with van der Waals surface area (Å²) in [6.45, 7) is 3.11. The molecule has 0 aliphatic rings. The van der Waals surface area contributed by atoms with Crippen LogP contribution in [0.4, 0.5) is 0 Å². The average molecular weight is 405 g/mol. The van der Waals surface area contributed by atoms with Gasteiger partial charge in [-0.2, -0.15) is 0 Å². The molecule has 0 aliphatic heterocycles. The summed E-state index contributed by atoms with van der Waals surface area (Å²) in [5, 5.41) is 0. The molecule has 6 heteroatoms. The molecule has 0 heterocycles. The lowest BCUT2D eigenvalue weighted by Gasteiger charge is -2.13. The average Bonchev–Trinajstić information content (AvgIpc) is 2.68. The van der Waals surface area contributed by atoms with Crippen LogP contribution in [0.2, 0.25) is 0 Å². The summed E-state index contributed by atoms with van der Waals surface area (Å²) < 4.78 is 20.7. The zero-order valence-electron chi connectivity index (χ0n) is 17.9. The van der Waals surface area contributed by atoms with E-state index in [-0.39, 0.29) is 5.97 Å². The largest absolute Gasteiger partial charge is 0.493 e. The predicted octanol–water partition coefficient (Wildman–Crippen LogP) is 5.10. The van der Waals surface area contributed by atoms with Crippen LogP contribution in [0.25, 0.3) is 6.08 Å². The van der Waals surface area contributed by atoms with Crippen LogP contribution in [0, 0.1) is 0 Å². The molecule has 1 aromatic carbocycles. The maximum absolute atomic E-state index is 11.3. The molecule has 0 spiro atoms. The number of hydrogen-bond acceptors (Lipinski definition) is 6. The quantitative estimate of drug-likeness (QED) is 0.197. The zero-order valence-corrected chi connectivity index (χ0v) is 17.9. The van der Waals surface area contributed by atoms with Crippen molar-refractivity contribution in [3.63, 3.8) is 0 Å². The number of allylic oxidation sites excluding steroid dienone is 2. The van der Waals surface area contributed by atoms with Crippen LogP contribution in [0.5, 0.6) is 17.2 Å². The molecular weight excluding hydrogens is 372 g/mol. The minimum Gasteiger partial charge on any atom is -0.493 e. The van der Waals surface area contributed by atoms with Gasteiger partial charge >= 0.3 is 11.9 Å². The highest BCUT2D eigenvalue weighted by Gasteiger charge is 2.15. The molecule has 1 rings (SSSR count). The van der Waals surface area contributed by atoms with Crippen LogP contribution in [-0.2, 0) is 14.3 Å². The van der Waals surface area contributed by atoms with Gasteiger partial charge in [0.1, 0.15) is 6.61 Å². The summed E-state index contributed by atoms with van der Waals surface area (Å²) in [6.07, 6.45) is 14.7. The Hall–Kier alpha value is -2.76. The van der Waals surface area contributed by atoms with Crippen molar-refractivity contribution in [1.82, 2.24) is 0 Å². The van der Waals surface area contributed by atoms with E-state index < -0.39 is 5.97 Å². The fourth-order valence-electron chi connectivity index (χ4n) is 2.69. The van der Waals surface area contributed by atoms with Crippen molar-refractivity contribution >= 4 is 18.0 Å². The topological polar surface area (TPSA) is 71.1 Å². The fraction of sp³-hybridized carbons (Fsp3) is 0.478. The van der Waals surface area contributed by atoms with Crippen LogP contribution in [0.15, 0.2) is 30.4 Å². The van der Waals surface area contributed by atoms with E-state index >= 15 is 0 Å². The summed E-state index contributed by atoms with van der Waals surface area (Å²) >= 11 is 0. The highest BCUT2D eigenvalue weighted by Crippen LogP contribution is 2.39. The lowest BCUT2D eigenvalue weighted by molar-refractivity contribution is -0.139. The molecule has 0 bridgehead atoms. The SMILES string of the molecule is COc1cc(C=CCCCCCCC=CCOC(C)=O)cc(OC)c1OC(C)=O. The van der Waals surface area contributed by atoms with E-state index in [1.165, 1.54) is 40.9 Å². The summed E-state index contributed by atoms with van der Waals surface area (Å²) in [7, 11) is 3.06. The molecule has 0 saturated carbocycles. The van der Waals surface area contributed by atoms with Crippen LogP contribution in [-0.4, -0.2) is 32.8 Å². The number of rotatable bonds is 13. The van der Waals surface area contributed by atoms with Gasteiger partial charge < -0.3 is 18.9 Å². The van der Waals surface area contributed by atoms with Crippen LogP contribution >= 0.6 is 0 Å². The lowest BCUT2D eigenvalue weighted by Crippen LogP contribution is -2.05. The third-order valence-corrected chi connectivity index (χ3v) is 4.08. The number of carbonyl (C=O) groups is 2. The minimum atomic E-state index is -0.426. The molecule has 0 amide bonds. The Morgan fingerprint density at radius 1 is 0.828 bits per heavy atom. The number of esters is 2. The first-order valence-electron chi connectivity index (χ1n) is 9.87. The molecule has 0 unspecified atom stereocenters. The maximum atomic E-state index is 11.3. The van der Waals surface area contributed by atoms with Crippen molar-refractivity contribution in [2.45, 2.75) is 52.4 Å². The van der Waals surface area contributed by atoms with Crippen LogP contribution in [0.1, 0.15) is 57.9 Å². The van der Waals surface area contributed by atoms with Crippen molar-refractivity contribution in [1.29, 1.82) is 0 Å². The Labute approximate surface area is 173 Å². The monoisotopic (exact) mass is 404 g/mol. The van der Waals surface area contributed by atoms with Gasteiger partial charge in [0.25, 0.3) is 0 Å².